The van der Waals surface area contributed by atoms with Crippen LogP contribution in [0.25, 0.3) is 0 Å². The molecule has 0 saturated carbocycles. The smallest absolute Gasteiger partial charge is 0.0513 e. The van der Waals surface area contributed by atoms with Gasteiger partial charge in [-0.1, -0.05) is 19.9 Å². The average Bonchev–Trinajstić information content (AvgIpc) is 2.42. The Labute approximate surface area is 132 Å². The molecule has 1 aliphatic heterocycles. The van der Waals surface area contributed by atoms with Crippen molar-refractivity contribution in [2.24, 2.45) is 5.92 Å². The van der Waals surface area contributed by atoms with E-state index in [0.717, 1.165) is 12.5 Å². The molecule has 3 heteroatoms. The van der Waals surface area contributed by atoms with Crippen molar-refractivity contribution in [2.75, 3.05) is 18.0 Å². The Morgan fingerprint density at radius 3 is 2.75 bits per heavy atom. The van der Waals surface area contributed by atoms with Crippen molar-refractivity contribution in [3.05, 3.63) is 28.2 Å². The first-order valence-corrected chi connectivity index (χ1v) is 8.61. The van der Waals surface area contributed by atoms with Crippen LogP contribution in [0.1, 0.15) is 52.1 Å². The van der Waals surface area contributed by atoms with Gasteiger partial charge in [-0.05, 0) is 72.8 Å². The lowest BCUT2D eigenvalue weighted by molar-refractivity contribution is 0.390. The maximum Gasteiger partial charge on any atom is 0.0513 e. The van der Waals surface area contributed by atoms with Crippen molar-refractivity contribution in [1.29, 1.82) is 0 Å². The third-order valence-corrected chi connectivity index (χ3v) is 5.04. The standard InChI is InChI=1S/C17H27BrN2/c1-5-19-14(4)15-8-9-17(16(18)10-15)20-11-12(2)6-7-13(20)3/h8-10,12-14,19H,5-7,11H2,1-4H3. The van der Waals surface area contributed by atoms with Gasteiger partial charge in [0.15, 0.2) is 0 Å². The van der Waals surface area contributed by atoms with Gasteiger partial charge < -0.3 is 10.2 Å². The molecule has 20 heavy (non-hydrogen) atoms. The zero-order valence-electron chi connectivity index (χ0n) is 13.1. The molecular formula is C17H27BrN2. The van der Waals surface area contributed by atoms with Crippen molar-refractivity contribution in [3.8, 4) is 0 Å². The van der Waals surface area contributed by atoms with E-state index in [4.69, 9.17) is 0 Å². The molecule has 0 spiro atoms. The van der Waals surface area contributed by atoms with Crippen LogP contribution in [0.5, 0.6) is 0 Å². The normalized spacial score (nSPS) is 24.8. The van der Waals surface area contributed by atoms with Crippen molar-refractivity contribution < 1.29 is 0 Å². The van der Waals surface area contributed by atoms with Gasteiger partial charge in [0.1, 0.15) is 0 Å². The Balaban J connectivity index is 2.20. The van der Waals surface area contributed by atoms with Gasteiger partial charge in [-0.15, -0.1) is 0 Å². The maximum atomic E-state index is 3.78. The van der Waals surface area contributed by atoms with Gasteiger partial charge in [0.25, 0.3) is 0 Å². The summed E-state index contributed by atoms with van der Waals surface area (Å²) in [6, 6.07) is 7.86. The fourth-order valence-corrected chi connectivity index (χ4v) is 3.70. The zero-order valence-corrected chi connectivity index (χ0v) is 14.7. The van der Waals surface area contributed by atoms with Crippen molar-refractivity contribution >= 4 is 21.6 Å². The lowest BCUT2D eigenvalue weighted by Gasteiger charge is -2.39. The summed E-state index contributed by atoms with van der Waals surface area (Å²) in [5.74, 6) is 0.790. The number of halogens is 1. The molecule has 0 radical (unpaired) electrons. The van der Waals surface area contributed by atoms with Crippen molar-refractivity contribution in [1.82, 2.24) is 5.32 Å². The first-order chi connectivity index (χ1) is 9.52. The second kappa shape index (κ2) is 6.95. The monoisotopic (exact) mass is 338 g/mol. The second-order valence-electron chi connectivity index (χ2n) is 6.17. The van der Waals surface area contributed by atoms with Gasteiger partial charge in [0.2, 0.25) is 0 Å². The van der Waals surface area contributed by atoms with Crippen LogP contribution in [0, 0.1) is 5.92 Å². The highest BCUT2D eigenvalue weighted by atomic mass is 79.9. The van der Waals surface area contributed by atoms with Crippen LogP contribution >= 0.6 is 15.9 Å². The van der Waals surface area contributed by atoms with E-state index in [9.17, 15) is 0 Å². The Hall–Kier alpha value is -0.540. The lowest BCUT2D eigenvalue weighted by atomic mass is 9.94. The lowest BCUT2D eigenvalue weighted by Crippen LogP contribution is -2.41. The van der Waals surface area contributed by atoms with Crippen LogP contribution in [-0.4, -0.2) is 19.1 Å². The molecule has 3 atom stereocenters. The highest BCUT2D eigenvalue weighted by Crippen LogP contribution is 2.34. The summed E-state index contributed by atoms with van der Waals surface area (Å²) in [4.78, 5) is 2.56. The summed E-state index contributed by atoms with van der Waals surface area (Å²) in [7, 11) is 0. The van der Waals surface area contributed by atoms with E-state index in [1.54, 1.807) is 0 Å². The van der Waals surface area contributed by atoms with Gasteiger partial charge in [-0.25, -0.2) is 0 Å². The van der Waals surface area contributed by atoms with E-state index >= 15 is 0 Å². The number of nitrogens with zero attached hydrogens (tertiary/aromatic N) is 1. The minimum Gasteiger partial charge on any atom is -0.368 e. The molecule has 1 aromatic rings. The van der Waals surface area contributed by atoms with Crippen LogP contribution in [0.4, 0.5) is 5.69 Å². The summed E-state index contributed by atoms with van der Waals surface area (Å²) >= 11 is 3.78. The minimum atomic E-state index is 0.406. The molecule has 2 nitrogen and oxygen atoms in total. The van der Waals surface area contributed by atoms with E-state index in [2.05, 4.69) is 72.0 Å². The molecule has 2 rings (SSSR count). The molecule has 112 valence electrons. The Kier molecular flexibility index (Phi) is 5.50. The summed E-state index contributed by atoms with van der Waals surface area (Å²) in [5, 5.41) is 3.47. The Morgan fingerprint density at radius 1 is 1.35 bits per heavy atom. The number of piperidine rings is 1. The van der Waals surface area contributed by atoms with Gasteiger partial charge in [0.05, 0.1) is 5.69 Å². The van der Waals surface area contributed by atoms with E-state index in [1.807, 2.05) is 0 Å². The van der Waals surface area contributed by atoms with Crippen LogP contribution in [0.15, 0.2) is 22.7 Å². The molecule has 1 aliphatic rings. The summed E-state index contributed by atoms with van der Waals surface area (Å²) < 4.78 is 1.22. The molecule has 3 unspecified atom stereocenters. The topological polar surface area (TPSA) is 15.3 Å². The third kappa shape index (κ3) is 3.56. The molecule has 1 N–H and O–H groups in total. The molecule has 0 amide bonds. The van der Waals surface area contributed by atoms with E-state index in [-0.39, 0.29) is 0 Å². The second-order valence-corrected chi connectivity index (χ2v) is 7.03. The fourth-order valence-electron chi connectivity index (χ4n) is 3.07. The summed E-state index contributed by atoms with van der Waals surface area (Å²) in [6.45, 7) is 11.2. The SMILES string of the molecule is CCNC(C)c1ccc(N2CC(C)CCC2C)c(Br)c1. The Bertz CT molecular complexity index is 447. The van der Waals surface area contributed by atoms with E-state index in [0.29, 0.717) is 12.1 Å². The van der Waals surface area contributed by atoms with Crippen LogP contribution in [0.2, 0.25) is 0 Å². The molecule has 0 aliphatic carbocycles. The predicted octanol–water partition coefficient (Wildman–Crippen LogP) is 4.74. The largest absolute Gasteiger partial charge is 0.368 e. The molecule has 0 bridgehead atoms. The highest BCUT2D eigenvalue weighted by Gasteiger charge is 2.24. The molecule has 0 aromatic heterocycles. The van der Waals surface area contributed by atoms with Gasteiger partial charge in [-0.2, -0.15) is 0 Å². The first kappa shape index (κ1) is 15.8. The maximum absolute atomic E-state index is 3.78. The number of benzene rings is 1. The quantitative estimate of drug-likeness (QED) is 0.852. The van der Waals surface area contributed by atoms with Crippen molar-refractivity contribution in [2.45, 2.75) is 52.6 Å². The number of nitrogens with one attached hydrogen (secondary N) is 1. The van der Waals surface area contributed by atoms with E-state index in [1.165, 1.54) is 35.1 Å². The highest BCUT2D eigenvalue weighted by molar-refractivity contribution is 9.10. The molecule has 1 saturated heterocycles. The average molecular weight is 339 g/mol. The van der Waals surface area contributed by atoms with Crippen LogP contribution < -0.4 is 10.2 Å². The number of hydrogen-bond donors (Lipinski definition) is 1. The van der Waals surface area contributed by atoms with Gasteiger partial charge in [-0.3, -0.25) is 0 Å². The summed E-state index contributed by atoms with van der Waals surface area (Å²) in [6.07, 6.45) is 2.65. The van der Waals surface area contributed by atoms with E-state index < -0.39 is 0 Å². The van der Waals surface area contributed by atoms with Crippen LogP contribution in [-0.2, 0) is 0 Å². The van der Waals surface area contributed by atoms with Gasteiger partial charge >= 0.3 is 0 Å². The molecule has 1 heterocycles. The summed E-state index contributed by atoms with van der Waals surface area (Å²) in [5.41, 5.74) is 2.69. The zero-order chi connectivity index (χ0) is 14.7. The van der Waals surface area contributed by atoms with Crippen molar-refractivity contribution in [3.63, 3.8) is 0 Å². The molecule has 1 fully saturated rings. The number of hydrogen-bond acceptors (Lipinski definition) is 2. The fraction of sp³-hybridized carbons (Fsp3) is 0.647. The number of rotatable bonds is 4. The van der Waals surface area contributed by atoms with Crippen LogP contribution in [0.3, 0.4) is 0 Å². The van der Waals surface area contributed by atoms with Gasteiger partial charge in [0, 0.05) is 23.1 Å². The Morgan fingerprint density at radius 2 is 2.10 bits per heavy atom. The number of anilines is 1. The third-order valence-electron chi connectivity index (χ3n) is 4.41. The first-order valence-electron chi connectivity index (χ1n) is 7.82. The predicted molar refractivity (Wildman–Crippen MR) is 91.4 cm³/mol. The minimum absolute atomic E-state index is 0.406. The molecule has 1 aromatic carbocycles. The molecular weight excluding hydrogens is 312 g/mol.